The first-order valence-corrected chi connectivity index (χ1v) is 9.70. The van der Waals surface area contributed by atoms with Gasteiger partial charge in [-0.3, -0.25) is 14.6 Å². The van der Waals surface area contributed by atoms with E-state index >= 15 is 0 Å². The summed E-state index contributed by atoms with van der Waals surface area (Å²) in [5, 5.41) is 11.1. The van der Waals surface area contributed by atoms with Crippen molar-refractivity contribution in [2.24, 2.45) is 0 Å². The van der Waals surface area contributed by atoms with Crippen LogP contribution in [0, 0.1) is 0 Å². The number of benzene rings is 1. The highest BCUT2D eigenvalue weighted by Gasteiger charge is 2.46. The van der Waals surface area contributed by atoms with Gasteiger partial charge in [0.25, 0.3) is 11.7 Å². The number of aliphatic hydroxyl groups excluding tert-OH is 1. The van der Waals surface area contributed by atoms with Crippen molar-refractivity contribution in [3.8, 4) is 11.5 Å². The van der Waals surface area contributed by atoms with Gasteiger partial charge >= 0.3 is 0 Å². The van der Waals surface area contributed by atoms with Gasteiger partial charge in [-0.25, -0.2) is 0 Å². The molecule has 2 aromatic rings. The average Bonchev–Trinajstić information content (AvgIpc) is 3.02. The van der Waals surface area contributed by atoms with Crippen molar-refractivity contribution in [1.82, 2.24) is 14.8 Å². The molecular formula is C22H23N3O5. The molecule has 30 heavy (non-hydrogen) atoms. The average molecular weight is 409 g/mol. The van der Waals surface area contributed by atoms with Gasteiger partial charge in [0.15, 0.2) is 11.5 Å². The van der Waals surface area contributed by atoms with Crippen LogP contribution in [-0.4, -0.2) is 72.0 Å². The summed E-state index contributed by atoms with van der Waals surface area (Å²) in [5.41, 5.74) is 1.09. The van der Waals surface area contributed by atoms with Gasteiger partial charge < -0.3 is 24.4 Å². The summed E-state index contributed by atoms with van der Waals surface area (Å²) in [6.45, 7) is 1.78. The van der Waals surface area contributed by atoms with Crippen LogP contribution >= 0.6 is 0 Å². The Morgan fingerprint density at radius 3 is 2.67 bits per heavy atom. The van der Waals surface area contributed by atoms with E-state index in [-0.39, 0.29) is 11.3 Å². The Bertz CT molecular complexity index is 1000. The first-order chi connectivity index (χ1) is 14.5. The Morgan fingerprint density at radius 2 is 1.97 bits per heavy atom. The zero-order valence-corrected chi connectivity index (χ0v) is 16.9. The SMILES string of the molecule is CN(C)CCN1C(=O)C(=O)/C(=C(/O)c2ccc3c(c2)OCCO3)[C@H]1c1cccnc1. The molecule has 0 bridgehead atoms. The molecule has 2 aliphatic rings. The standard InChI is InChI=1S/C22H23N3O5/c1-24(2)8-9-25-19(15-4-3-7-23-13-15)18(21(27)22(25)28)20(26)14-5-6-16-17(12-14)30-11-10-29-16/h3-7,12-13,19,26H,8-11H2,1-2H3/b20-18+/t19-/m1/s1. The predicted octanol–water partition coefficient (Wildman–Crippen LogP) is 1.84. The lowest BCUT2D eigenvalue weighted by atomic mass is 9.96. The normalized spacial score (nSPS) is 20.1. The van der Waals surface area contributed by atoms with E-state index in [9.17, 15) is 14.7 Å². The number of hydrogen-bond acceptors (Lipinski definition) is 7. The summed E-state index contributed by atoms with van der Waals surface area (Å²) >= 11 is 0. The van der Waals surface area contributed by atoms with E-state index in [4.69, 9.17) is 9.47 Å². The van der Waals surface area contributed by atoms with Gasteiger partial charge in [0.1, 0.15) is 19.0 Å². The molecule has 0 spiro atoms. The fourth-order valence-corrected chi connectivity index (χ4v) is 3.65. The molecule has 8 heteroatoms. The second-order valence-electron chi connectivity index (χ2n) is 7.44. The molecule has 0 unspecified atom stereocenters. The van der Waals surface area contributed by atoms with Crippen LogP contribution in [0.1, 0.15) is 17.2 Å². The molecule has 1 aromatic carbocycles. The maximum Gasteiger partial charge on any atom is 0.295 e. The lowest BCUT2D eigenvalue weighted by Crippen LogP contribution is -2.35. The van der Waals surface area contributed by atoms with Gasteiger partial charge in [-0.1, -0.05) is 6.07 Å². The molecule has 1 saturated heterocycles. The summed E-state index contributed by atoms with van der Waals surface area (Å²) in [6, 6.07) is 7.78. The highest BCUT2D eigenvalue weighted by molar-refractivity contribution is 6.46. The Kier molecular flexibility index (Phi) is 5.41. The van der Waals surface area contributed by atoms with E-state index in [2.05, 4.69) is 4.98 Å². The molecule has 156 valence electrons. The molecule has 1 amide bonds. The molecular weight excluding hydrogens is 386 g/mol. The van der Waals surface area contributed by atoms with Crippen LogP contribution in [0.4, 0.5) is 0 Å². The molecule has 2 aliphatic heterocycles. The van der Waals surface area contributed by atoms with E-state index in [0.717, 1.165) is 0 Å². The Balaban J connectivity index is 1.81. The van der Waals surface area contributed by atoms with Crippen LogP contribution < -0.4 is 9.47 Å². The van der Waals surface area contributed by atoms with Crippen molar-refractivity contribution < 1.29 is 24.2 Å². The number of aliphatic hydroxyl groups is 1. The molecule has 8 nitrogen and oxygen atoms in total. The quantitative estimate of drug-likeness (QED) is 0.458. The van der Waals surface area contributed by atoms with E-state index in [1.54, 1.807) is 42.7 Å². The Labute approximate surface area is 174 Å². The molecule has 1 N–H and O–H groups in total. The minimum Gasteiger partial charge on any atom is -0.507 e. The van der Waals surface area contributed by atoms with E-state index < -0.39 is 17.7 Å². The summed E-state index contributed by atoms with van der Waals surface area (Å²) in [7, 11) is 3.79. The lowest BCUT2D eigenvalue weighted by Gasteiger charge is -2.26. The number of carbonyl (C=O) groups excluding carboxylic acids is 2. The minimum atomic E-state index is -0.716. The third-order valence-corrected chi connectivity index (χ3v) is 5.14. The second-order valence-corrected chi connectivity index (χ2v) is 7.44. The van der Waals surface area contributed by atoms with Crippen LogP contribution in [0.15, 0.2) is 48.3 Å². The number of likely N-dealkylation sites (tertiary alicyclic amines) is 1. The number of rotatable bonds is 5. The van der Waals surface area contributed by atoms with Gasteiger partial charge in [-0.05, 0) is 43.9 Å². The van der Waals surface area contributed by atoms with Crippen molar-refractivity contribution in [3.05, 3.63) is 59.4 Å². The maximum absolute atomic E-state index is 12.9. The summed E-state index contributed by atoms with van der Waals surface area (Å²) < 4.78 is 11.1. The number of Topliss-reactive ketones (excluding diaryl/α,β-unsaturated/α-hetero) is 1. The number of fused-ring (bicyclic) bond motifs is 1. The zero-order valence-electron chi connectivity index (χ0n) is 16.9. The highest BCUT2D eigenvalue weighted by atomic mass is 16.6. The molecule has 1 fully saturated rings. The van der Waals surface area contributed by atoms with Crippen molar-refractivity contribution in [2.45, 2.75) is 6.04 Å². The van der Waals surface area contributed by atoms with Gasteiger partial charge in [-0.15, -0.1) is 0 Å². The smallest absolute Gasteiger partial charge is 0.295 e. The summed E-state index contributed by atoms with van der Waals surface area (Å²) in [4.78, 5) is 33.3. The number of ether oxygens (including phenoxy) is 2. The van der Waals surface area contributed by atoms with Crippen LogP contribution in [0.3, 0.4) is 0 Å². The number of hydrogen-bond donors (Lipinski definition) is 1. The van der Waals surface area contributed by atoms with Crippen LogP contribution in [0.5, 0.6) is 11.5 Å². The predicted molar refractivity (Wildman–Crippen MR) is 109 cm³/mol. The van der Waals surface area contributed by atoms with Crippen molar-refractivity contribution in [3.63, 3.8) is 0 Å². The summed E-state index contributed by atoms with van der Waals surface area (Å²) in [5.74, 6) is -0.524. The first kappa shape index (κ1) is 19.9. The first-order valence-electron chi connectivity index (χ1n) is 9.70. The van der Waals surface area contributed by atoms with Crippen LogP contribution in [0.25, 0.3) is 5.76 Å². The fraction of sp³-hybridized carbons (Fsp3) is 0.318. The highest BCUT2D eigenvalue weighted by Crippen LogP contribution is 2.40. The maximum atomic E-state index is 12.9. The number of ketones is 1. The number of nitrogens with zero attached hydrogens (tertiary/aromatic N) is 3. The Morgan fingerprint density at radius 1 is 1.20 bits per heavy atom. The number of likely N-dealkylation sites (N-methyl/N-ethyl adjacent to an activating group) is 1. The third kappa shape index (κ3) is 3.61. The monoisotopic (exact) mass is 409 g/mol. The second kappa shape index (κ2) is 8.16. The topological polar surface area (TPSA) is 92.2 Å². The number of aromatic nitrogens is 1. The molecule has 0 radical (unpaired) electrons. The largest absolute Gasteiger partial charge is 0.507 e. The van der Waals surface area contributed by atoms with Crippen molar-refractivity contribution >= 4 is 17.4 Å². The minimum absolute atomic E-state index is 0.0448. The van der Waals surface area contributed by atoms with Gasteiger partial charge in [-0.2, -0.15) is 0 Å². The zero-order chi connectivity index (χ0) is 21.3. The van der Waals surface area contributed by atoms with E-state index in [1.165, 1.54) is 4.90 Å². The van der Waals surface area contributed by atoms with Crippen LogP contribution in [0.2, 0.25) is 0 Å². The molecule has 3 heterocycles. The van der Waals surface area contributed by atoms with Crippen molar-refractivity contribution in [2.75, 3.05) is 40.4 Å². The molecule has 1 atom stereocenters. The number of amides is 1. The van der Waals surface area contributed by atoms with Crippen LogP contribution in [-0.2, 0) is 9.59 Å². The molecule has 1 aromatic heterocycles. The number of carbonyl (C=O) groups is 2. The van der Waals surface area contributed by atoms with Gasteiger partial charge in [0, 0.05) is 31.0 Å². The Hall–Kier alpha value is -3.39. The van der Waals surface area contributed by atoms with E-state index in [0.29, 0.717) is 48.9 Å². The summed E-state index contributed by atoms with van der Waals surface area (Å²) in [6.07, 6.45) is 3.23. The lowest BCUT2D eigenvalue weighted by molar-refractivity contribution is -0.140. The van der Waals surface area contributed by atoms with Crippen molar-refractivity contribution in [1.29, 1.82) is 0 Å². The third-order valence-electron chi connectivity index (χ3n) is 5.14. The molecule has 0 aliphatic carbocycles. The van der Waals surface area contributed by atoms with Gasteiger partial charge in [0.05, 0.1) is 11.6 Å². The van der Waals surface area contributed by atoms with Gasteiger partial charge in [0.2, 0.25) is 0 Å². The molecule has 0 saturated carbocycles. The number of pyridine rings is 1. The molecule has 4 rings (SSSR count). The fourth-order valence-electron chi connectivity index (χ4n) is 3.65. The van der Waals surface area contributed by atoms with E-state index in [1.807, 2.05) is 19.0 Å².